The largest absolute Gasteiger partial charge is 0.354 e. The van der Waals surface area contributed by atoms with Crippen LogP contribution in [0.15, 0.2) is 0 Å². The summed E-state index contributed by atoms with van der Waals surface area (Å²) in [5.74, 6) is -0.0121. The summed E-state index contributed by atoms with van der Waals surface area (Å²) in [5, 5.41) is 5.70. The van der Waals surface area contributed by atoms with Crippen LogP contribution in [-0.2, 0) is 9.59 Å². The predicted molar refractivity (Wildman–Crippen MR) is 92.6 cm³/mol. The average Bonchev–Trinajstić information content (AvgIpc) is 3.04. The van der Waals surface area contributed by atoms with Crippen molar-refractivity contribution in [3.63, 3.8) is 0 Å². The molecule has 2 N–H and O–H groups in total. The molecule has 2 amide bonds. The third-order valence-corrected chi connectivity index (χ3v) is 8.84. The smallest absolute Gasteiger partial charge is 0.228 e. The van der Waals surface area contributed by atoms with Crippen LogP contribution in [0, 0.1) is 10.8 Å². The molecule has 0 heterocycles. The Bertz CT molecular complexity index is 426. The molecule has 0 unspecified atom stereocenters. The number of rotatable bonds is 5. The van der Waals surface area contributed by atoms with Crippen LogP contribution >= 0.6 is 63.7 Å². The van der Waals surface area contributed by atoms with Crippen molar-refractivity contribution < 1.29 is 9.59 Å². The molecule has 2 fully saturated rings. The zero-order valence-electron chi connectivity index (χ0n) is 11.2. The van der Waals surface area contributed by atoms with E-state index in [0.29, 0.717) is 13.1 Å². The molecule has 8 heteroatoms. The van der Waals surface area contributed by atoms with Crippen LogP contribution in [0.2, 0.25) is 0 Å². The molecular formula is C12H16Br4N2O2. The van der Waals surface area contributed by atoms with E-state index < -0.39 is 10.8 Å². The molecule has 0 aromatic rings. The van der Waals surface area contributed by atoms with Gasteiger partial charge >= 0.3 is 0 Å². The van der Waals surface area contributed by atoms with E-state index in [4.69, 9.17) is 0 Å². The molecule has 4 nitrogen and oxygen atoms in total. The minimum absolute atomic E-state index is 0.00605. The Morgan fingerprint density at radius 3 is 1.30 bits per heavy atom. The first kappa shape index (κ1) is 17.2. The molecule has 2 aliphatic carbocycles. The van der Waals surface area contributed by atoms with Crippen molar-refractivity contribution in [2.45, 2.75) is 33.2 Å². The Labute approximate surface area is 152 Å². The van der Waals surface area contributed by atoms with Crippen molar-refractivity contribution >= 4 is 75.5 Å². The van der Waals surface area contributed by atoms with Gasteiger partial charge < -0.3 is 10.6 Å². The summed E-state index contributed by atoms with van der Waals surface area (Å²) in [4.78, 5) is 24.0. The maximum absolute atomic E-state index is 12.0. The monoisotopic (exact) mass is 536 g/mol. The lowest BCUT2D eigenvalue weighted by Gasteiger charge is -2.15. The quantitative estimate of drug-likeness (QED) is 0.417. The first-order valence-corrected chi connectivity index (χ1v) is 9.46. The zero-order valence-corrected chi connectivity index (χ0v) is 17.5. The minimum Gasteiger partial charge on any atom is -0.354 e. The number of nitrogens with one attached hydrogen (secondary N) is 2. The number of carbonyl (C=O) groups excluding carboxylic acids is 2. The van der Waals surface area contributed by atoms with Crippen molar-refractivity contribution in [3.05, 3.63) is 0 Å². The lowest BCUT2D eigenvalue weighted by atomic mass is 10.1. The van der Waals surface area contributed by atoms with E-state index in [2.05, 4.69) is 74.4 Å². The molecule has 2 rings (SSSR count). The van der Waals surface area contributed by atoms with Crippen molar-refractivity contribution in [2.24, 2.45) is 10.8 Å². The van der Waals surface area contributed by atoms with Crippen molar-refractivity contribution in [1.82, 2.24) is 10.6 Å². The number of halogens is 4. The summed E-state index contributed by atoms with van der Waals surface area (Å²) in [5.41, 5.74) is -0.833. The van der Waals surface area contributed by atoms with Crippen LogP contribution in [0.3, 0.4) is 0 Å². The standard InChI is InChI=1S/C12H16Br4N2O2/c1-9(5-11(9,13)14)7(19)17-3-4-18-8(20)10(2)6-12(10,15)16/h3-6H2,1-2H3,(H,17,19)(H,18,20)/t9-,10-/m1/s1. The van der Waals surface area contributed by atoms with Crippen LogP contribution in [0.4, 0.5) is 0 Å². The van der Waals surface area contributed by atoms with Crippen LogP contribution < -0.4 is 10.6 Å². The van der Waals surface area contributed by atoms with Gasteiger partial charge in [0.25, 0.3) is 0 Å². The van der Waals surface area contributed by atoms with Crippen molar-refractivity contribution in [3.8, 4) is 0 Å². The highest BCUT2D eigenvalue weighted by Crippen LogP contribution is 2.67. The van der Waals surface area contributed by atoms with Gasteiger partial charge in [0.2, 0.25) is 11.8 Å². The van der Waals surface area contributed by atoms with Crippen molar-refractivity contribution in [1.29, 1.82) is 0 Å². The molecule has 20 heavy (non-hydrogen) atoms. The van der Waals surface area contributed by atoms with E-state index in [0.717, 1.165) is 12.8 Å². The highest BCUT2D eigenvalue weighted by atomic mass is 79.9. The van der Waals surface area contributed by atoms with E-state index in [1.54, 1.807) is 0 Å². The molecule has 0 bridgehead atoms. The Hall–Kier alpha value is 0.860. The molecule has 0 aliphatic heterocycles. The molecule has 114 valence electrons. The predicted octanol–water partition coefficient (Wildman–Crippen LogP) is 3.01. The highest BCUT2D eigenvalue weighted by molar-refractivity contribution is 9.26. The molecule has 0 aromatic heterocycles. The van der Waals surface area contributed by atoms with Gasteiger partial charge in [-0.2, -0.15) is 0 Å². The van der Waals surface area contributed by atoms with E-state index in [1.807, 2.05) is 13.8 Å². The lowest BCUT2D eigenvalue weighted by molar-refractivity contribution is -0.127. The Kier molecular flexibility index (Phi) is 4.48. The number of hydrogen-bond donors (Lipinski definition) is 2. The fourth-order valence-corrected chi connectivity index (χ4v) is 5.00. The van der Waals surface area contributed by atoms with E-state index >= 15 is 0 Å². The molecular weight excluding hydrogens is 524 g/mol. The highest BCUT2D eigenvalue weighted by Gasteiger charge is 2.67. The van der Waals surface area contributed by atoms with E-state index in [-0.39, 0.29) is 18.3 Å². The van der Waals surface area contributed by atoms with Crippen molar-refractivity contribution in [2.75, 3.05) is 13.1 Å². The summed E-state index contributed by atoms with van der Waals surface area (Å²) in [6.07, 6.45) is 1.51. The Morgan fingerprint density at radius 1 is 0.850 bits per heavy atom. The van der Waals surface area contributed by atoms with Gasteiger partial charge in [0.05, 0.1) is 17.3 Å². The number of alkyl halides is 4. The SMILES string of the molecule is C[C@]1(C(=O)NCCNC(=O)[C@@]2(C)CC2(Br)Br)CC1(Br)Br. The van der Waals surface area contributed by atoms with Gasteiger partial charge in [-0.1, -0.05) is 63.7 Å². The van der Waals surface area contributed by atoms with Gasteiger partial charge in [0.15, 0.2) is 0 Å². The summed E-state index contributed by atoms with van der Waals surface area (Å²) >= 11 is 13.9. The third kappa shape index (κ3) is 2.86. The fourth-order valence-electron chi connectivity index (χ4n) is 2.03. The minimum atomic E-state index is -0.416. The number of carbonyl (C=O) groups is 2. The summed E-state index contributed by atoms with van der Waals surface area (Å²) in [7, 11) is 0. The lowest BCUT2D eigenvalue weighted by Crippen LogP contribution is -2.41. The van der Waals surface area contributed by atoms with E-state index in [9.17, 15) is 9.59 Å². The molecule has 2 saturated carbocycles. The van der Waals surface area contributed by atoms with Gasteiger partial charge in [-0.25, -0.2) is 0 Å². The Balaban J connectivity index is 1.68. The number of hydrogen-bond acceptors (Lipinski definition) is 2. The second kappa shape index (κ2) is 5.20. The molecule has 0 saturated heterocycles. The molecule has 2 aliphatic rings. The molecule has 0 aromatic carbocycles. The van der Waals surface area contributed by atoms with Crippen LogP contribution in [0.1, 0.15) is 26.7 Å². The normalized spacial score (nSPS) is 36.1. The fraction of sp³-hybridized carbons (Fsp3) is 0.833. The maximum atomic E-state index is 12.0. The molecule has 0 radical (unpaired) electrons. The van der Waals surface area contributed by atoms with Crippen LogP contribution in [0.5, 0.6) is 0 Å². The van der Waals surface area contributed by atoms with Gasteiger partial charge in [-0.05, 0) is 26.7 Å². The topological polar surface area (TPSA) is 58.2 Å². The van der Waals surface area contributed by atoms with Gasteiger partial charge in [0.1, 0.15) is 0 Å². The molecule has 0 spiro atoms. The van der Waals surface area contributed by atoms with Crippen LogP contribution in [-0.4, -0.2) is 31.4 Å². The summed E-state index contributed by atoms with van der Waals surface area (Å²) < 4.78 is -0.569. The second-order valence-corrected chi connectivity index (χ2v) is 13.5. The van der Waals surface area contributed by atoms with Gasteiger partial charge in [-0.15, -0.1) is 0 Å². The van der Waals surface area contributed by atoms with Gasteiger partial charge in [-0.3, -0.25) is 9.59 Å². The van der Waals surface area contributed by atoms with Gasteiger partial charge in [0, 0.05) is 13.1 Å². The molecule has 2 atom stereocenters. The first-order chi connectivity index (χ1) is 8.96. The number of amides is 2. The zero-order chi connectivity index (χ0) is 15.4. The average molecular weight is 540 g/mol. The first-order valence-electron chi connectivity index (χ1n) is 6.29. The maximum Gasteiger partial charge on any atom is 0.228 e. The third-order valence-electron chi connectivity index (χ3n) is 4.21. The van der Waals surface area contributed by atoms with E-state index in [1.165, 1.54) is 0 Å². The summed E-state index contributed by atoms with van der Waals surface area (Å²) in [6.45, 7) is 4.67. The Morgan fingerprint density at radius 2 is 1.10 bits per heavy atom. The summed E-state index contributed by atoms with van der Waals surface area (Å²) in [6, 6.07) is 0. The second-order valence-electron chi connectivity index (χ2n) is 5.94. The van der Waals surface area contributed by atoms with Crippen LogP contribution in [0.25, 0.3) is 0 Å².